The van der Waals surface area contributed by atoms with Crippen LogP contribution >= 0.6 is 0 Å². The van der Waals surface area contributed by atoms with E-state index in [0.717, 1.165) is 39.0 Å². The molecule has 15 heavy (non-hydrogen) atoms. The van der Waals surface area contributed by atoms with E-state index in [1.165, 1.54) is 6.42 Å². The molecule has 0 amide bonds. The van der Waals surface area contributed by atoms with Crippen molar-refractivity contribution in [3.05, 3.63) is 0 Å². The third kappa shape index (κ3) is 6.13. The zero-order chi connectivity index (χ0) is 11.3. The topological polar surface area (TPSA) is 35.5 Å². The van der Waals surface area contributed by atoms with Gasteiger partial charge in [-0.25, -0.2) is 0 Å². The van der Waals surface area contributed by atoms with Gasteiger partial charge in [0.05, 0.1) is 6.10 Å². The van der Waals surface area contributed by atoms with Crippen molar-refractivity contribution in [1.82, 2.24) is 10.2 Å². The van der Waals surface area contributed by atoms with Gasteiger partial charge in [-0.15, -0.1) is 0 Å². The normalized spacial score (nSPS) is 24.4. The molecular formula is C12H26N2O. The van der Waals surface area contributed by atoms with Crippen LogP contribution in [0.25, 0.3) is 0 Å². The van der Waals surface area contributed by atoms with E-state index in [1.54, 1.807) is 0 Å². The molecule has 1 aliphatic rings. The molecule has 90 valence electrons. The van der Waals surface area contributed by atoms with Crippen LogP contribution in [0.1, 0.15) is 40.0 Å². The molecule has 3 heteroatoms. The van der Waals surface area contributed by atoms with Crippen LogP contribution in [0.5, 0.6) is 0 Å². The highest BCUT2D eigenvalue weighted by molar-refractivity contribution is 4.73. The predicted molar refractivity (Wildman–Crippen MR) is 64.1 cm³/mol. The monoisotopic (exact) mass is 214 g/mol. The smallest absolute Gasteiger partial charge is 0.0667 e. The quantitative estimate of drug-likeness (QED) is 0.691. The van der Waals surface area contributed by atoms with Crippen molar-refractivity contribution in [2.75, 3.05) is 26.2 Å². The second-order valence-corrected chi connectivity index (χ2v) is 5.63. The lowest BCUT2D eigenvalue weighted by atomic mass is 10.1. The highest BCUT2D eigenvalue weighted by Gasteiger charge is 2.17. The predicted octanol–water partition coefficient (Wildman–Crippen LogP) is 1.22. The fraction of sp³-hybridized carbons (Fsp3) is 1.00. The van der Waals surface area contributed by atoms with E-state index in [9.17, 15) is 5.11 Å². The van der Waals surface area contributed by atoms with Crippen molar-refractivity contribution in [2.24, 2.45) is 0 Å². The van der Waals surface area contributed by atoms with Gasteiger partial charge in [0.1, 0.15) is 0 Å². The van der Waals surface area contributed by atoms with Crippen LogP contribution in [0.3, 0.4) is 0 Å². The lowest BCUT2D eigenvalue weighted by Crippen LogP contribution is -2.41. The van der Waals surface area contributed by atoms with Gasteiger partial charge in [0, 0.05) is 12.1 Å². The Morgan fingerprint density at radius 2 is 2.13 bits per heavy atom. The lowest BCUT2D eigenvalue weighted by Gasteiger charge is -2.30. The Bertz CT molecular complexity index is 177. The lowest BCUT2D eigenvalue weighted by molar-refractivity contribution is 0.0699. The van der Waals surface area contributed by atoms with Gasteiger partial charge in [-0.05, 0) is 59.7 Å². The van der Waals surface area contributed by atoms with E-state index in [4.69, 9.17) is 0 Å². The van der Waals surface area contributed by atoms with Crippen molar-refractivity contribution in [3.63, 3.8) is 0 Å². The second-order valence-electron chi connectivity index (χ2n) is 5.63. The maximum atomic E-state index is 9.51. The summed E-state index contributed by atoms with van der Waals surface area (Å²) in [6.45, 7) is 10.8. The van der Waals surface area contributed by atoms with Gasteiger partial charge in [0.15, 0.2) is 0 Å². The third-order valence-corrected chi connectivity index (χ3v) is 2.79. The number of hydrogen-bond donors (Lipinski definition) is 2. The van der Waals surface area contributed by atoms with Crippen molar-refractivity contribution >= 4 is 0 Å². The Labute approximate surface area is 93.9 Å². The van der Waals surface area contributed by atoms with E-state index in [0.29, 0.717) is 0 Å². The van der Waals surface area contributed by atoms with Crippen molar-refractivity contribution in [2.45, 2.75) is 51.7 Å². The van der Waals surface area contributed by atoms with E-state index in [1.807, 2.05) is 0 Å². The summed E-state index contributed by atoms with van der Waals surface area (Å²) in [5, 5.41) is 13.0. The van der Waals surface area contributed by atoms with Crippen molar-refractivity contribution in [1.29, 1.82) is 0 Å². The minimum Gasteiger partial charge on any atom is -0.392 e. The molecule has 3 nitrogen and oxygen atoms in total. The molecule has 1 fully saturated rings. The highest BCUT2D eigenvalue weighted by Crippen LogP contribution is 2.09. The summed E-state index contributed by atoms with van der Waals surface area (Å²) in [6.07, 6.45) is 3.21. The van der Waals surface area contributed by atoms with E-state index in [-0.39, 0.29) is 11.6 Å². The molecule has 0 saturated carbocycles. The number of nitrogens with one attached hydrogen (secondary N) is 1. The largest absolute Gasteiger partial charge is 0.392 e. The molecule has 0 spiro atoms. The minimum absolute atomic E-state index is 0.0886. The summed E-state index contributed by atoms with van der Waals surface area (Å²) >= 11 is 0. The van der Waals surface area contributed by atoms with Crippen molar-refractivity contribution < 1.29 is 5.11 Å². The number of aliphatic hydroxyl groups excluding tert-OH is 1. The van der Waals surface area contributed by atoms with E-state index in [2.05, 4.69) is 31.0 Å². The molecule has 0 aromatic carbocycles. The molecule has 1 saturated heterocycles. The molecular weight excluding hydrogens is 188 g/mol. The Morgan fingerprint density at radius 3 is 2.73 bits per heavy atom. The fourth-order valence-electron chi connectivity index (χ4n) is 2.00. The number of β-amino-alcohol motifs (C(OH)–C–C–N with tert-alkyl or cyclic N) is 1. The SMILES string of the molecule is CC(C)(C)NCCCN1CCCC(O)C1. The van der Waals surface area contributed by atoms with Crippen LogP contribution in [-0.2, 0) is 0 Å². The second kappa shape index (κ2) is 5.83. The number of likely N-dealkylation sites (tertiary alicyclic amines) is 1. The van der Waals surface area contributed by atoms with Gasteiger partial charge in [-0.2, -0.15) is 0 Å². The molecule has 0 bridgehead atoms. The van der Waals surface area contributed by atoms with Crippen molar-refractivity contribution in [3.8, 4) is 0 Å². The van der Waals surface area contributed by atoms with Crippen LogP contribution in [0.2, 0.25) is 0 Å². The molecule has 1 rings (SSSR count). The molecule has 1 aliphatic heterocycles. The zero-order valence-corrected chi connectivity index (χ0v) is 10.4. The van der Waals surface area contributed by atoms with E-state index < -0.39 is 0 Å². The Morgan fingerprint density at radius 1 is 1.40 bits per heavy atom. The van der Waals surface area contributed by atoms with Crippen LogP contribution in [0, 0.1) is 0 Å². The number of piperidine rings is 1. The summed E-state index contributed by atoms with van der Waals surface area (Å²) in [6, 6.07) is 0. The van der Waals surface area contributed by atoms with Gasteiger partial charge in [-0.3, -0.25) is 0 Å². The first-order valence-corrected chi connectivity index (χ1v) is 6.13. The summed E-state index contributed by atoms with van der Waals surface area (Å²) in [5.74, 6) is 0. The van der Waals surface area contributed by atoms with Gasteiger partial charge >= 0.3 is 0 Å². The molecule has 1 unspecified atom stereocenters. The summed E-state index contributed by atoms with van der Waals surface area (Å²) in [5.41, 5.74) is 0.224. The maximum Gasteiger partial charge on any atom is 0.0667 e. The first-order valence-electron chi connectivity index (χ1n) is 6.13. The van der Waals surface area contributed by atoms with Gasteiger partial charge < -0.3 is 15.3 Å². The molecule has 0 aromatic heterocycles. The van der Waals surface area contributed by atoms with Crippen LogP contribution in [0.4, 0.5) is 0 Å². The van der Waals surface area contributed by atoms with Gasteiger partial charge in [0.25, 0.3) is 0 Å². The number of nitrogens with zero attached hydrogens (tertiary/aromatic N) is 1. The summed E-state index contributed by atoms with van der Waals surface area (Å²) < 4.78 is 0. The fourth-order valence-corrected chi connectivity index (χ4v) is 2.00. The molecule has 0 aromatic rings. The van der Waals surface area contributed by atoms with Gasteiger partial charge in [-0.1, -0.05) is 0 Å². The van der Waals surface area contributed by atoms with Gasteiger partial charge in [0.2, 0.25) is 0 Å². The molecule has 1 atom stereocenters. The third-order valence-electron chi connectivity index (χ3n) is 2.79. The maximum absolute atomic E-state index is 9.51. The summed E-state index contributed by atoms with van der Waals surface area (Å²) in [4.78, 5) is 2.37. The molecule has 0 radical (unpaired) electrons. The van der Waals surface area contributed by atoms with E-state index >= 15 is 0 Å². The molecule has 1 heterocycles. The first-order chi connectivity index (χ1) is 6.97. The zero-order valence-electron chi connectivity index (χ0n) is 10.4. The van der Waals surface area contributed by atoms with Crippen LogP contribution < -0.4 is 5.32 Å². The Hall–Kier alpha value is -0.120. The van der Waals surface area contributed by atoms with Crippen LogP contribution in [-0.4, -0.2) is 47.8 Å². The minimum atomic E-state index is -0.0886. The Balaban J connectivity index is 2.04. The standard InChI is InChI=1S/C12H26N2O/c1-12(2,3)13-7-5-9-14-8-4-6-11(15)10-14/h11,13,15H,4-10H2,1-3H3. The number of rotatable bonds is 4. The average Bonchev–Trinajstić information content (AvgIpc) is 2.11. The highest BCUT2D eigenvalue weighted by atomic mass is 16.3. The van der Waals surface area contributed by atoms with Crippen LogP contribution in [0.15, 0.2) is 0 Å². The average molecular weight is 214 g/mol. The number of aliphatic hydroxyl groups is 1. The molecule has 2 N–H and O–H groups in total. The summed E-state index contributed by atoms with van der Waals surface area (Å²) in [7, 11) is 0. The first kappa shape index (κ1) is 12.9. The Kier molecular flexibility index (Phi) is 5.03. The number of hydrogen-bond acceptors (Lipinski definition) is 3. The molecule has 0 aliphatic carbocycles.